The van der Waals surface area contributed by atoms with Crippen LogP contribution in [0.25, 0.3) is 0 Å². The lowest BCUT2D eigenvalue weighted by atomic mass is 10.2. The summed E-state index contributed by atoms with van der Waals surface area (Å²) in [7, 11) is 0. The van der Waals surface area contributed by atoms with Crippen LogP contribution in [-0.2, 0) is 29.5 Å². The number of carboxylic acids is 1. The molecule has 0 heterocycles. The second kappa shape index (κ2) is 16.4. The van der Waals surface area contributed by atoms with Crippen molar-refractivity contribution in [2.75, 3.05) is 58.6 Å². The van der Waals surface area contributed by atoms with Crippen LogP contribution in [0.4, 0.5) is 0 Å². The number of carboxylic acid groups (broad SMARTS) is 1. The Morgan fingerprint density at radius 1 is 0.800 bits per heavy atom. The van der Waals surface area contributed by atoms with Gasteiger partial charge in [-0.2, -0.15) is 11.8 Å². The quantitative estimate of drug-likeness (QED) is 0.421. The van der Waals surface area contributed by atoms with Crippen LogP contribution in [0.15, 0.2) is 30.3 Å². The van der Waals surface area contributed by atoms with Gasteiger partial charge in [0.1, 0.15) is 0 Å². The average molecular weight is 372 g/mol. The Balaban J connectivity index is 1.71. The zero-order valence-electron chi connectivity index (χ0n) is 14.6. The molecule has 0 fully saturated rings. The Morgan fingerprint density at radius 2 is 1.32 bits per heavy atom. The summed E-state index contributed by atoms with van der Waals surface area (Å²) >= 11 is 1.86. The molecule has 0 spiro atoms. The van der Waals surface area contributed by atoms with Crippen LogP contribution in [0, 0.1) is 0 Å². The molecule has 142 valence electrons. The summed E-state index contributed by atoms with van der Waals surface area (Å²) in [6.07, 6.45) is 0.0217. The van der Waals surface area contributed by atoms with Crippen LogP contribution < -0.4 is 0 Å². The first-order valence-corrected chi connectivity index (χ1v) is 9.59. The topological polar surface area (TPSA) is 74.2 Å². The summed E-state index contributed by atoms with van der Waals surface area (Å²) in [6, 6.07) is 10.4. The molecule has 1 N–H and O–H groups in total. The Labute approximate surface area is 153 Å². The van der Waals surface area contributed by atoms with Gasteiger partial charge in [0.15, 0.2) is 0 Å². The number of rotatable bonds is 17. The molecular formula is C18H28O6S. The number of hydrogen-bond acceptors (Lipinski definition) is 6. The highest BCUT2D eigenvalue weighted by Crippen LogP contribution is 2.10. The van der Waals surface area contributed by atoms with Crippen LogP contribution in [0.2, 0.25) is 0 Å². The third-order valence-corrected chi connectivity index (χ3v) is 4.05. The SMILES string of the molecule is O=C(O)CCOCCOCCOCCOCCSCc1ccccc1. The molecule has 25 heavy (non-hydrogen) atoms. The van der Waals surface area contributed by atoms with Gasteiger partial charge in [0, 0.05) is 11.5 Å². The predicted octanol–water partition coefficient (Wildman–Crippen LogP) is 2.46. The second-order valence-electron chi connectivity index (χ2n) is 5.13. The molecule has 0 radical (unpaired) electrons. The molecule has 0 saturated heterocycles. The third kappa shape index (κ3) is 14.9. The molecule has 0 aliphatic heterocycles. The van der Waals surface area contributed by atoms with Crippen molar-refractivity contribution in [1.82, 2.24) is 0 Å². The highest BCUT2D eigenvalue weighted by molar-refractivity contribution is 7.98. The van der Waals surface area contributed by atoms with E-state index >= 15 is 0 Å². The van der Waals surface area contributed by atoms with Crippen LogP contribution in [-0.4, -0.2) is 69.7 Å². The van der Waals surface area contributed by atoms with Crippen molar-refractivity contribution in [2.24, 2.45) is 0 Å². The molecule has 0 aliphatic carbocycles. The summed E-state index contributed by atoms with van der Waals surface area (Å²) in [4.78, 5) is 10.3. The van der Waals surface area contributed by atoms with Crippen molar-refractivity contribution in [1.29, 1.82) is 0 Å². The summed E-state index contributed by atoms with van der Waals surface area (Å²) < 4.78 is 21.3. The average Bonchev–Trinajstić information content (AvgIpc) is 2.62. The number of aliphatic carboxylic acids is 1. The number of benzene rings is 1. The van der Waals surface area contributed by atoms with Crippen molar-refractivity contribution in [3.63, 3.8) is 0 Å². The van der Waals surface area contributed by atoms with E-state index in [0.717, 1.165) is 18.1 Å². The van der Waals surface area contributed by atoms with Gasteiger partial charge in [-0.3, -0.25) is 4.79 Å². The number of carbonyl (C=O) groups is 1. The van der Waals surface area contributed by atoms with Gasteiger partial charge in [-0.05, 0) is 5.56 Å². The molecule has 1 rings (SSSR count). The molecule has 1 aromatic carbocycles. The highest BCUT2D eigenvalue weighted by Gasteiger charge is 1.97. The second-order valence-corrected chi connectivity index (χ2v) is 6.24. The number of thioether (sulfide) groups is 1. The lowest BCUT2D eigenvalue weighted by Gasteiger charge is -2.07. The number of ether oxygens (including phenoxy) is 4. The maximum Gasteiger partial charge on any atom is 0.305 e. The maximum atomic E-state index is 10.3. The van der Waals surface area contributed by atoms with Gasteiger partial charge < -0.3 is 24.1 Å². The molecule has 6 nitrogen and oxygen atoms in total. The van der Waals surface area contributed by atoms with Gasteiger partial charge in [0.25, 0.3) is 0 Å². The Hall–Kier alpha value is -1.12. The van der Waals surface area contributed by atoms with Crippen molar-refractivity contribution < 1.29 is 28.8 Å². The summed E-state index contributed by atoms with van der Waals surface area (Å²) in [5.41, 5.74) is 1.34. The van der Waals surface area contributed by atoms with Crippen molar-refractivity contribution in [3.05, 3.63) is 35.9 Å². The fourth-order valence-electron chi connectivity index (χ4n) is 1.80. The zero-order chi connectivity index (χ0) is 18.0. The van der Waals surface area contributed by atoms with Gasteiger partial charge in [0.05, 0.1) is 59.3 Å². The van der Waals surface area contributed by atoms with E-state index in [1.165, 1.54) is 5.56 Å². The molecule has 0 saturated carbocycles. The minimum Gasteiger partial charge on any atom is -0.481 e. The molecule has 0 amide bonds. The van der Waals surface area contributed by atoms with Crippen LogP contribution in [0.1, 0.15) is 12.0 Å². The largest absolute Gasteiger partial charge is 0.481 e. The first kappa shape index (κ1) is 21.9. The van der Waals surface area contributed by atoms with Crippen molar-refractivity contribution in [3.8, 4) is 0 Å². The Morgan fingerprint density at radius 3 is 1.88 bits per heavy atom. The molecule has 0 unspecified atom stereocenters. The molecule has 7 heteroatoms. The maximum absolute atomic E-state index is 10.3. The Kier molecular flexibility index (Phi) is 14.3. The fraction of sp³-hybridized carbons (Fsp3) is 0.611. The smallest absolute Gasteiger partial charge is 0.305 e. The van der Waals surface area contributed by atoms with Crippen molar-refractivity contribution >= 4 is 17.7 Å². The van der Waals surface area contributed by atoms with E-state index in [1.54, 1.807) is 0 Å². The monoisotopic (exact) mass is 372 g/mol. The molecular weight excluding hydrogens is 344 g/mol. The van der Waals surface area contributed by atoms with Crippen LogP contribution in [0.3, 0.4) is 0 Å². The minimum absolute atomic E-state index is 0.0217. The first-order chi connectivity index (χ1) is 12.3. The standard InChI is InChI=1S/C18H28O6S/c19-18(20)6-7-21-8-9-22-10-11-23-12-13-24-14-15-25-16-17-4-2-1-3-5-17/h1-5H,6-16H2,(H,19,20). The fourth-order valence-corrected chi connectivity index (χ4v) is 2.61. The molecule has 0 aliphatic rings. The van der Waals surface area contributed by atoms with E-state index in [0.29, 0.717) is 39.6 Å². The first-order valence-electron chi connectivity index (χ1n) is 8.43. The van der Waals surface area contributed by atoms with E-state index in [-0.39, 0.29) is 13.0 Å². The van der Waals surface area contributed by atoms with Crippen molar-refractivity contribution in [2.45, 2.75) is 12.2 Å². The minimum atomic E-state index is -0.855. The molecule has 1 aromatic rings. The number of hydrogen-bond donors (Lipinski definition) is 1. The predicted molar refractivity (Wildman–Crippen MR) is 98.1 cm³/mol. The van der Waals surface area contributed by atoms with Gasteiger partial charge >= 0.3 is 5.97 Å². The summed E-state index contributed by atoms with van der Waals surface area (Å²) in [5, 5.41) is 8.43. The summed E-state index contributed by atoms with van der Waals surface area (Å²) in [5.74, 6) is 1.13. The highest BCUT2D eigenvalue weighted by atomic mass is 32.2. The van der Waals surface area contributed by atoms with E-state index in [9.17, 15) is 4.79 Å². The lowest BCUT2D eigenvalue weighted by Crippen LogP contribution is -2.13. The van der Waals surface area contributed by atoms with E-state index in [4.69, 9.17) is 24.1 Å². The summed E-state index contributed by atoms with van der Waals surface area (Å²) in [6.45, 7) is 3.94. The lowest BCUT2D eigenvalue weighted by molar-refractivity contribution is -0.138. The van der Waals surface area contributed by atoms with Gasteiger partial charge in [0.2, 0.25) is 0 Å². The Bertz CT molecular complexity index is 429. The van der Waals surface area contributed by atoms with Crippen LogP contribution in [0.5, 0.6) is 0 Å². The van der Waals surface area contributed by atoms with E-state index in [2.05, 4.69) is 24.3 Å². The van der Waals surface area contributed by atoms with Crippen LogP contribution >= 0.6 is 11.8 Å². The molecule has 0 aromatic heterocycles. The molecule has 0 bridgehead atoms. The van der Waals surface area contributed by atoms with Gasteiger partial charge in [-0.15, -0.1) is 0 Å². The van der Waals surface area contributed by atoms with Gasteiger partial charge in [-0.25, -0.2) is 0 Å². The van der Waals surface area contributed by atoms with E-state index in [1.807, 2.05) is 17.8 Å². The third-order valence-electron chi connectivity index (χ3n) is 3.06. The zero-order valence-corrected chi connectivity index (χ0v) is 15.4. The normalized spacial score (nSPS) is 10.9. The van der Waals surface area contributed by atoms with Gasteiger partial charge in [-0.1, -0.05) is 30.3 Å². The van der Waals surface area contributed by atoms with E-state index < -0.39 is 5.97 Å². The molecule has 0 atom stereocenters.